The fourth-order valence-electron chi connectivity index (χ4n) is 1.90. The molecule has 1 N–H and O–H groups in total. The molecule has 0 aromatic carbocycles. The number of rotatable bonds is 0. The van der Waals surface area contributed by atoms with Crippen LogP contribution in [0.25, 0.3) is 4.85 Å². The number of hydrogen-bond acceptors (Lipinski definition) is 4. The van der Waals surface area contributed by atoms with Gasteiger partial charge in [0, 0.05) is 0 Å². The van der Waals surface area contributed by atoms with Crippen LogP contribution in [0.3, 0.4) is 0 Å². The first-order valence-electron chi connectivity index (χ1n) is 5.60. The van der Waals surface area contributed by atoms with Gasteiger partial charge in [0.1, 0.15) is 10.5 Å². The van der Waals surface area contributed by atoms with Gasteiger partial charge in [-0.15, -0.1) is 11.8 Å². The lowest BCUT2D eigenvalue weighted by Gasteiger charge is -2.46. The molecule has 2 rings (SSSR count). The van der Waals surface area contributed by atoms with Crippen molar-refractivity contribution < 1.29 is 9.53 Å². The van der Waals surface area contributed by atoms with E-state index in [1.54, 1.807) is 16.7 Å². The van der Waals surface area contributed by atoms with Gasteiger partial charge in [0.25, 0.3) is 6.17 Å². The van der Waals surface area contributed by atoms with Crippen LogP contribution in [0.1, 0.15) is 20.8 Å². The van der Waals surface area contributed by atoms with Crippen LogP contribution in [0.15, 0.2) is 0 Å². The number of thioether (sulfide) groups is 1. The Bertz CT molecular complexity index is 366. The number of nitrogens with one attached hydrogen (secondary N) is 1. The van der Waals surface area contributed by atoms with Crippen LogP contribution < -0.4 is 5.32 Å². The van der Waals surface area contributed by atoms with Crippen molar-refractivity contribution in [3.8, 4) is 0 Å². The molecule has 6 heteroatoms. The summed E-state index contributed by atoms with van der Waals surface area (Å²) in [6.45, 7) is 13.8. The summed E-state index contributed by atoms with van der Waals surface area (Å²) in [4.78, 5) is 16.8. The number of nitrogens with zero attached hydrogens (tertiary/aromatic N) is 2. The van der Waals surface area contributed by atoms with E-state index in [0.29, 0.717) is 13.1 Å². The van der Waals surface area contributed by atoms with Gasteiger partial charge in [0.2, 0.25) is 0 Å². The minimum atomic E-state index is -0.449. The molecule has 1 atom stereocenters. The van der Waals surface area contributed by atoms with Crippen LogP contribution in [0.2, 0.25) is 0 Å². The normalized spacial score (nSPS) is 26.5. The van der Waals surface area contributed by atoms with Gasteiger partial charge >= 0.3 is 6.09 Å². The number of amides is 1. The first kappa shape index (κ1) is 12.5. The molecule has 0 aromatic heterocycles. The Kier molecular flexibility index (Phi) is 3.00. The maximum absolute atomic E-state index is 11.7. The van der Waals surface area contributed by atoms with E-state index in [-0.39, 0.29) is 17.1 Å². The first-order valence-corrected chi connectivity index (χ1v) is 6.58. The molecule has 2 fully saturated rings. The highest BCUT2D eigenvalue weighted by Crippen LogP contribution is 2.39. The fourth-order valence-corrected chi connectivity index (χ4v) is 3.25. The lowest BCUT2D eigenvalue weighted by atomic mass is 10.1. The van der Waals surface area contributed by atoms with Crippen molar-refractivity contribution in [1.29, 1.82) is 0 Å². The predicted octanol–water partition coefficient (Wildman–Crippen LogP) is 1.52. The van der Waals surface area contributed by atoms with Gasteiger partial charge in [-0.1, -0.05) is 0 Å². The second-order valence-electron chi connectivity index (χ2n) is 5.43. The molecule has 0 aromatic rings. The quantitative estimate of drug-likeness (QED) is 0.667. The minimum absolute atomic E-state index is 0.105. The standard InChI is InChI=1S/C11H17N3O2S/c1-10(2,3)16-9(15)14-6-11(7-14)13-8(12-4)5-17-11/h8,13H,5-7H2,1-3H3/t8-/m0/s1. The van der Waals surface area contributed by atoms with Crippen molar-refractivity contribution in [2.45, 2.75) is 37.4 Å². The highest BCUT2D eigenvalue weighted by molar-refractivity contribution is 8.01. The van der Waals surface area contributed by atoms with Crippen LogP contribution >= 0.6 is 11.8 Å². The molecule has 17 heavy (non-hydrogen) atoms. The maximum Gasteiger partial charge on any atom is 0.410 e. The summed E-state index contributed by atoms with van der Waals surface area (Å²) in [6.07, 6.45) is -0.377. The third kappa shape index (κ3) is 2.67. The smallest absolute Gasteiger partial charge is 0.410 e. The van der Waals surface area contributed by atoms with Gasteiger partial charge in [0.05, 0.1) is 18.8 Å². The van der Waals surface area contributed by atoms with Gasteiger partial charge in [-0.3, -0.25) is 4.85 Å². The number of carbonyl (C=O) groups is 1. The fraction of sp³-hybridized carbons (Fsp3) is 0.818. The third-order valence-electron chi connectivity index (χ3n) is 2.65. The topological polar surface area (TPSA) is 45.9 Å². The summed E-state index contributed by atoms with van der Waals surface area (Å²) in [5.41, 5.74) is -0.449. The van der Waals surface area contributed by atoms with Crippen molar-refractivity contribution in [2.75, 3.05) is 18.8 Å². The van der Waals surface area contributed by atoms with Crippen molar-refractivity contribution in [1.82, 2.24) is 10.2 Å². The van der Waals surface area contributed by atoms with E-state index in [1.807, 2.05) is 20.8 Å². The van der Waals surface area contributed by atoms with Gasteiger partial charge < -0.3 is 9.64 Å². The van der Waals surface area contributed by atoms with E-state index in [9.17, 15) is 4.79 Å². The third-order valence-corrected chi connectivity index (χ3v) is 4.06. The average molecular weight is 255 g/mol. The Hall–Kier alpha value is -0.930. The molecule has 0 unspecified atom stereocenters. The minimum Gasteiger partial charge on any atom is -0.444 e. The second kappa shape index (κ2) is 4.07. The Morgan fingerprint density at radius 2 is 2.24 bits per heavy atom. The Labute approximate surface area is 106 Å². The molecular weight excluding hydrogens is 238 g/mol. The molecule has 2 saturated heterocycles. The molecule has 0 radical (unpaired) electrons. The summed E-state index contributed by atoms with van der Waals surface area (Å²) in [7, 11) is 0. The van der Waals surface area contributed by atoms with E-state index >= 15 is 0 Å². The van der Waals surface area contributed by atoms with Gasteiger partial charge in [-0.25, -0.2) is 16.7 Å². The van der Waals surface area contributed by atoms with Gasteiger partial charge in [0.15, 0.2) is 0 Å². The van der Waals surface area contributed by atoms with E-state index in [2.05, 4.69) is 10.2 Å². The van der Waals surface area contributed by atoms with Crippen LogP contribution in [0.5, 0.6) is 0 Å². The van der Waals surface area contributed by atoms with E-state index < -0.39 is 5.60 Å². The highest BCUT2D eigenvalue weighted by atomic mass is 32.2. The molecule has 2 heterocycles. The second-order valence-corrected chi connectivity index (χ2v) is 6.83. The zero-order valence-corrected chi connectivity index (χ0v) is 11.1. The van der Waals surface area contributed by atoms with E-state index in [4.69, 9.17) is 11.3 Å². The number of carbonyl (C=O) groups excluding carboxylic acids is 1. The maximum atomic E-state index is 11.7. The van der Waals surface area contributed by atoms with Crippen LogP contribution in [-0.4, -0.2) is 46.5 Å². The van der Waals surface area contributed by atoms with Crippen LogP contribution in [0, 0.1) is 6.57 Å². The molecule has 94 valence electrons. The molecule has 2 aliphatic rings. The van der Waals surface area contributed by atoms with Crippen molar-refractivity contribution in [3.63, 3.8) is 0 Å². The summed E-state index contributed by atoms with van der Waals surface area (Å²) >= 11 is 1.73. The van der Waals surface area contributed by atoms with Gasteiger partial charge in [-0.05, 0) is 20.8 Å². The molecule has 0 saturated carbocycles. The lowest BCUT2D eigenvalue weighted by Crippen LogP contribution is -2.67. The number of hydrogen-bond donors (Lipinski definition) is 1. The molecule has 1 amide bonds. The summed E-state index contributed by atoms with van der Waals surface area (Å²) in [6, 6.07) is 0. The predicted molar refractivity (Wildman–Crippen MR) is 66.5 cm³/mol. The van der Waals surface area contributed by atoms with E-state index in [1.165, 1.54) is 0 Å². The Balaban J connectivity index is 1.83. The molecule has 5 nitrogen and oxygen atoms in total. The van der Waals surface area contributed by atoms with E-state index in [0.717, 1.165) is 5.75 Å². The largest absolute Gasteiger partial charge is 0.444 e. The summed E-state index contributed by atoms with van der Waals surface area (Å²) < 4.78 is 5.29. The Morgan fingerprint density at radius 3 is 2.71 bits per heavy atom. The SMILES string of the molecule is [C-]#[N+][C@@H]1CSC2(CN(C(=O)OC(C)(C)C)C2)N1. The lowest BCUT2D eigenvalue weighted by molar-refractivity contribution is 0.00122. The van der Waals surface area contributed by atoms with Crippen molar-refractivity contribution in [3.05, 3.63) is 11.4 Å². The first-order chi connectivity index (χ1) is 7.84. The summed E-state index contributed by atoms with van der Waals surface area (Å²) in [5.74, 6) is 0.797. The van der Waals surface area contributed by atoms with Crippen LogP contribution in [0.4, 0.5) is 4.79 Å². The van der Waals surface area contributed by atoms with Gasteiger partial charge in [-0.2, -0.15) is 0 Å². The zero-order chi connectivity index (χ0) is 12.7. The van der Waals surface area contributed by atoms with Crippen LogP contribution in [-0.2, 0) is 4.74 Å². The van der Waals surface area contributed by atoms with Crippen molar-refractivity contribution in [2.24, 2.45) is 0 Å². The summed E-state index contributed by atoms with van der Waals surface area (Å²) in [5, 5.41) is 3.26. The monoisotopic (exact) mass is 255 g/mol. The molecule has 0 aliphatic carbocycles. The molecule has 0 bridgehead atoms. The molecule has 1 spiro atoms. The average Bonchev–Trinajstić information content (AvgIpc) is 2.56. The highest BCUT2D eigenvalue weighted by Gasteiger charge is 2.53. The van der Waals surface area contributed by atoms with Crippen molar-refractivity contribution >= 4 is 17.9 Å². The molecular formula is C11H17N3O2S. The number of ether oxygens (including phenoxy) is 1. The zero-order valence-electron chi connectivity index (χ0n) is 10.3. The molecule has 2 aliphatic heterocycles. The number of likely N-dealkylation sites (tertiary alicyclic amines) is 1. The Morgan fingerprint density at radius 1 is 1.59 bits per heavy atom.